The normalized spacial score (nSPS) is 15.8. The van der Waals surface area contributed by atoms with Crippen LogP contribution in [-0.2, 0) is 21.7 Å². The maximum Gasteiger partial charge on any atom is 0.247 e. The van der Waals surface area contributed by atoms with Crippen molar-refractivity contribution < 1.29 is 13.2 Å². The Morgan fingerprint density at radius 3 is 2.61 bits per heavy atom. The van der Waals surface area contributed by atoms with E-state index in [1.807, 2.05) is 0 Å². The van der Waals surface area contributed by atoms with E-state index in [1.165, 1.54) is 13.8 Å². The smallest absolute Gasteiger partial charge is 0.247 e. The zero-order valence-corrected chi connectivity index (χ0v) is 14.7. The number of sulfone groups is 1. The predicted octanol–water partition coefficient (Wildman–Crippen LogP) is 2.52. The highest BCUT2D eigenvalue weighted by molar-refractivity contribution is 7.94. The third-order valence-corrected chi connectivity index (χ3v) is 7.55. The first-order chi connectivity index (χ1) is 10.7. The molecule has 1 heterocycles. The van der Waals surface area contributed by atoms with Crippen LogP contribution in [0.4, 0.5) is 5.95 Å². The minimum atomic E-state index is -3.51. The molecule has 1 aromatic carbocycles. The van der Waals surface area contributed by atoms with Crippen molar-refractivity contribution in [1.82, 2.24) is 9.55 Å². The van der Waals surface area contributed by atoms with Crippen LogP contribution in [0.3, 0.4) is 0 Å². The van der Waals surface area contributed by atoms with Gasteiger partial charge in [-0.25, -0.2) is 13.4 Å². The predicted molar refractivity (Wildman–Crippen MR) is 90.4 cm³/mol. The Labute approximate surface area is 139 Å². The third kappa shape index (κ3) is 2.52. The number of amides is 1. The summed E-state index contributed by atoms with van der Waals surface area (Å²) < 4.78 is 25.0. The molecule has 1 aliphatic carbocycles. The van der Waals surface area contributed by atoms with Crippen molar-refractivity contribution in [2.75, 3.05) is 5.32 Å². The number of nitrogens with zero attached hydrogens (tertiary/aromatic N) is 2. The molecule has 1 N–H and O–H groups in total. The molecular formula is C15H18ClN3O3S. The van der Waals surface area contributed by atoms with Crippen molar-refractivity contribution in [2.24, 2.45) is 7.05 Å². The van der Waals surface area contributed by atoms with Gasteiger partial charge >= 0.3 is 0 Å². The first-order valence-electron chi connectivity index (χ1n) is 7.32. The number of nitrogens with one attached hydrogen (secondary N) is 1. The molecule has 2 aromatic rings. The SMILES string of the molecule is Cn1c(NC(=O)C(C)(C)S(=O)(=O)C2CC2)nc2cccc(Cl)c21. The van der Waals surface area contributed by atoms with Gasteiger partial charge in [-0.2, -0.15) is 0 Å². The summed E-state index contributed by atoms with van der Waals surface area (Å²) in [5, 5.41) is 2.74. The molecule has 0 atom stereocenters. The summed E-state index contributed by atoms with van der Waals surface area (Å²) in [5.41, 5.74) is 1.32. The van der Waals surface area contributed by atoms with Gasteiger partial charge in [-0.1, -0.05) is 17.7 Å². The topological polar surface area (TPSA) is 81.1 Å². The van der Waals surface area contributed by atoms with Crippen LogP contribution in [0.5, 0.6) is 0 Å². The van der Waals surface area contributed by atoms with Crippen molar-refractivity contribution in [3.8, 4) is 0 Å². The minimum Gasteiger partial charge on any atom is -0.312 e. The van der Waals surface area contributed by atoms with Gasteiger partial charge in [0.05, 0.1) is 21.3 Å². The van der Waals surface area contributed by atoms with Crippen LogP contribution < -0.4 is 5.32 Å². The summed E-state index contributed by atoms with van der Waals surface area (Å²) in [7, 11) is -1.79. The number of aryl methyl sites for hydroxylation is 1. The molecule has 23 heavy (non-hydrogen) atoms. The molecule has 0 bridgehead atoms. The molecule has 0 spiro atoms. The van der Waals surface area contributed by atoms with Gasteiger partial charge in [0.1, 0.15) is 4.75 Å². The number of hydrogen-bond donors (Lipinski definition) is 1. The second-order valence-corrected chi connectivity index (χ2v) is 9.50. The molecule has 1 saturated carbocycles. The Balaban J connectivity index is 1.94. The van der Waals surface area contributed by atoms with E-state index in [2.05, 4.69) is 10.3 Å². The molecule has 1 fully saturated rings. The fourth-order valence-electron chi connectivity index (χ4n) is 2.51. The van der Waals surface area contributed by atoms with Crippen LogP contribution >= 0.6 is 11.6 Å². The van der Waals surface area contributed by atoms with E-state index in [0.717, 1.165) is 0 Å². The van der Waals surface area contributed by atoms with Crippen molar-refractivity contribution in [1.29, 1.82) is 0 Å². The molecule has 1 aromatic heterocycles. The second kappa shape index (κ2) is 5.21. The number of halogens is 1. The monoisotopic (exact) mass is 355 g/mol. The molecular weight excluding hydrogens is 338 g/mol. The number of carbonyl (C=O) groups is 1. The van der Waals surface area contributed by atoms with Gasteiger partial charge in [0.25, 0.3) is 0 Å². The number of benzene rings is 1. The standard InChI is InChI=1S/C15H18ClN3O3S/c1-15(2,23(21,22)9-7-8-9)13(20)18-14-17-11-6-4-5-10(16)12(11)19(14)3/h4-6,9H,7-8H2,1-3H3,(H,17,18,20). The Morgan fingerprint density at radius 2 is 2.04 bits per heavy atom. The maximum atomic E-state index is 12.6. The first kappa shape index (κ1) is 16.3. The van der Waals surface area contributed by atoms with E-state index in [9.17, 15) is 13.2 Å². The van der Waals surface area contributed by atoms with Crippen LogP contribution in [-0.4, -0.2) is 33.9 Å². The molecule has 0 aliphatic heterocycles. The lowest BCUT2D eigenvalue weighted by Gasteiger charge is -2.23. The van der Waals surface area contributed by atoms with E-state index in [4.69, 9.17) is 11.6 Å². The molecule has 0 saturated heterocycles. The zero-order valence-electron chi connectivity index (χ0n) is 13.1. The number of anilines is 1. The van der Waals surface area contributed by atoms with Crippen molar-refractivity contribution >= 4 is 44.3 Å². The van der Waals surface area contributed by atoms with Crippen LogP contribution in [0.25, 0.3) is 11.0 Å². The Morgan fingerprint density at radius 1 is 1.39 bits per heavy atom. The van der Waals surface area contributed by atoms with Gasteiger partial charge in [0.2, 0.25) is 11.9 Å². The van der Waals surface area contributed by atoms with Gasteiger partial charge in [-0.05, 0) is 38.8 Å². The Hall–Kier alpha value is -1.60. The van der Waals surface area contributed by atoms with E-state index < -0.39 is 25.7 Å². The van der Waals surface area contributed by atoms with Crippen molar-refractivity contribution in [2.45, 2.75) is 36.7 Å². The second-order valence-electron chi connectivity index (χ2n) is 6.31. The number of fused-ring (bicyclic) bond motifs is 1. The molecule has 6 nitrogen and oxygen atoms in total. The van der Waals surface area contributed by atoms with E-state index in [0.29, 0.717) is 28.9 Å². The lowest BCUT2D eigenvalue weighted by atomic mass is 10.2. The number of aromatic nitrogens is 2. The van der Waals surface area contributed by atoms with Gasteiger partial charge in [0.15, 0.2) is 9.84 Å². The van der Waals surface area contributed by atoms with Crippen molar-refractivity contribution in [3.05, 3.63) is 23.2 Å². The largest absolute Gasteiger partial charge is 0.312 e. The first-order valence-corrected chi connectivity index (χ1v) is 9.24. The minimum absolute atomic E-state index is 0.275. The molecule has 0 unspecified atom stereocenters. The van der Waals surface area contributed by atoms with E-state index >= 15 is 0 Å². The number of para-hydroxylation sites is 1. The van der Waals surface area contributed by atoms with E-state index in [-0.39, 0.29) is 5.95 Å². The molecule has 8 heteroatoms. The average Bonchev–Trinajstić information content (AvgIpc) is 3.26. The number of hydrogen-bond acceptors (Lipinski definition) is 4. The molecule has 1 aliphatic rings. The summed E-state index contributed by atoms with van der Waals surface area (Å²) in [6.45, 7) is 2.87. The maximum absolute atomic E-state index is 12.6. The highest BCUT2D eigenvalue weighted by Gasteiger charge is 2.50. The zero-order chi connectivity index (χ0) is 17.0. The van der Waals surface area contributed by atoms with Crippen LogP contribution in [0.1, 0.15) is 26.7 Å². The summed E-state index contributed by atoms with van der Waals surface area (Å²) in [6, 6.07) is 5.28. The van der Waals surface area contributed by atoms with Crippen LogP contribution in [0.2, 0.25) is 5.02 Å². The molecule has 124 valence electrons. The lowest BCUT2D eigenvalue weighted by Crippen LogP contribution is -2.46. The highest BCUT2D eigenvalue weighted by Crippen LogP contribution is 2.36. The highest BCUT2D eigenvalue weighted by atomic mass is 35.5. The summed E-state index contributed by atoms with van der Waals surface area (Å²) in [4.78, 5) is 16.9. The van der Waals surface area contributed by atoms with Crippen LogP contribution in [0.15, 0.2) is 18.2 Å². The summed E-state index contributed by atoms with van der Waals surface area (Å²) in [6.07, 6.45) is 1.25. The quantitative estimate of drug-likeness (QED) is 0.913. The summed E-state index contributed by atoms with van der Waals surface area (Å²) >= 11 is 6.16. The van der Waals surface area contributed by atoms with Gasteiger partial charge in [-0.15, -0.1) is 0 Å². The van der Waals surface area contributed by atoms with Crippen LogP contribution in [0, 0.1) is 0 Å². The van der Waals surface area contributed by atoms with Gasteiger partial charge < -0.3 is 4.57 Å². The Bertz CT molecular complexity index is 898. The molecule has 1 amide bonds. The number of rotatable bonds is 4. The number of imidazole rings is 1. The van der Waals surface area contributed by atoms with E-state index in [1.54, 1.807) is 29.8 Å². The molecule has 3 rings (SSSR count). The fourth-order valence-corrected chi connectivity index (χ4v) is 4.71. The third-order valence-electron chi connectivity index (χ3n) is 4.29. The lowest BCUT2D eigenvalue weighted by molar-refractivity contribution is -0.117. The van der Waals surface area contributed by atoms with Crippen molar-refractivity contribution in [3.63, 3.8) is 0 Å². The average molecular weight is 356 g/mol. The van der Waals surface area contributed by atoms with Gasteiger partial charge in [0, 0.05) is 7.05 Å². The fraction of sp³-hybridized carbons (Fsp3) is 0.467. The number of carbonyl (C=O) groups excluding carboxylic acids is 1. The van der Waals surface area contributed by atoms with Gasteiger partial charge in [-0.3, -0.25) is 10.1 Å². The molecule has 0 radical (unpaired) electrons. The summed E-state index contributed by atoms with van der Waals surface area (Å²) in [5.74, 6) is -0.309. The Kier molecular flexibility index (Phi) is 3.68.